The predicted molar refractivity (Wildman–Crippen MR) is 181 cm³/mol. The SMILES string of the molecule is CCCCC/C=C/CC/C=C/C(O)C(COP(=O)(O)OCCN)NC(=O)CC(O)CCCCCCC/C=C\CCCCCC. The van der Waals surface area contributed by atoms with Crippen molar-refractivity contribution in [2.45, 2.75) is 154 Å². The maximum atomic E-state index is 12.7. The monoisotopic (exact) mass is 644 g/mol. The lowest BCUT2D eigenvalue weighted by Crippen LogP contribution is -2.46. The van der Waals surface area contributed by atoms with E-state index in [-0.39, 0.29) is 19.6 Å². The molecule has 0 aromatic carbocycles. The van der Waals surface area contributed by atoms with E-state index in [4.69, 9.17) is 14.8 Å². The van der Waals surface area contributed by atoms with Gasteiger partial charge in [-0.3, -0.25) is 13.8 Å². The molecule has 0 saturated carbocycles. The normalized spacial score (nSPS) is 15.7. The summed E-state index contributed by atoms with van der Waals surface area (Å²) in [5.41, 5.74) is 5.32. The van der Waals surface area contributed by atoms with Gasteiger partial charge in [0.1, 0.15) is 0 Å². The first kappa shape index (κ1) is 42.7. The van der Waals surface area contributed by atoms with Gasteiger partial charge in [-0.1, -0.05) is 108 Å². The van der Waals surface area contributed by atoms with Crippen LogP contribution < -0.4 is 11.1 Å². The van der Waals surface area contributed by atoms with E-state index in [0.29, 0.717) is 12.8 Å². The zero-order valence-corrected chi connectivity index (χ0v) is 28.6. The number of aliphatic hydroxyl groups excluding tert-OH is 2. The number of phosphoric ester groups is 1. The predicted octanol–water partition coefficient (Wildman–Crippen LogP) is 7.41. The van der Waals surface area contributed by atoms with Crippen LogP contribution in [-0.2, 0) is 18.4 Å². The summed E-state index contributed by atoms with van der Waals surface area (Å²) in [5.74, 6) is -0.467. The molecule has 10 heteroatoms. The molecule has 44 heavy (non-hydrogen) atoms. The number of nitrogens with one attached hydrogen (secondary N) is 1. The molecule has 0 fully saturated rings. The molecule has 0 aromatic rings. The van der Waals surface area contributed by atoms with Crippen molar-refractivity contribution in [2.75, 3.05) is 19.8 Å². The van der Waals surface area contributed by atoms with Crippen LogP contribution in [0.2, 0.25) is 0 Å². The highest BCUT2D eigenvalue weighted by Crippen LogP contribution is 2.43. The fraction of sp³-hybridized carbons (Fsp3) is 0.794. The second-order valence-corrected chi connectivity index (χ2v) is 13.0. The average molecular weight is 645 g/mol. The van der Waals surface area contributed by atoms with Crippen molar-refractivity contribution in [3.05, 3.63) is 36.5 Å². The van der Waals surface area contributed by atoms with Gasteiger partial charge >= 0.3 is 7.82 Å². The number of carbonyl (C=O) groups is 1. The van der Waals surface area contributed by atoms with Crippen LogP contribution in [-0.4, -0.2) is 59.0 Å². The molecule has 6 N–H and O–H groups in total. The van der Waals surface area contributed by atoms with E-state index in [1.54, 1.807) is 6.08 Å². The third-order valence-electron chi connectivity index (χ3n) is 7.24. The van der Waals surface area contributed by atoms with Crippen LogP contribution >= 0.6 is 7.82 Å². The molecule has 0 aliphatic heterocycles. The molecule has 0 saturated heterocycles. The Hall–Kier alpha value is -1.32. The number of phosphoric acid groups is 1. The largest absolute Gasteiger partial charge is 0.472 e. The van der Waals surface area contributed by atoms with Crippen molar-refractivity contribution in [3.8, 4) is 0 Å². The second kappa shape index (κ2) is 30.3. The zero-order valence-electron chi connectivity index (χ0n) is 27.8. The number of aliphatic hydroxyl groups is 2. The summed E-state index contributed by atoms with van der Waals surface area (Å²) in [5, 5.41) is 23.7. The number of nitrogens with two attached hydrogens (primary N) is 1. The van der Waals surface area contributed by atoms with Crippen LogP contribution in [0.3, 0.4) is 0 Å². The Kier molecular flexibility index (Phi) is 29.4. The summed E-state index contributed by atoms with van der Waals surface area (Å²) in [4.78, 5) is 22.5. The Bertz CT molecular complexity index is 806. The van der Waals surface area contributed by atoms with Crippen molar-refractivity contribution in [3.63, 3.8) is 0 Å². The van der Waals surface area contributed by atoms with E-state index in [9.17, 15) is 24.5 Å². The van der Waals surface area contributed by atoms with E-state index >= 15 is 0 Å². The highest BCUT2D eigenvalue weighted by atomic mass is 31.2. The van der Waals surface area contributed by atoms with Gasteiger partial charge in [0.05, 0.1) is 37.9 Å². The van der Waals surface area contributed by atoms with Gasteiger partial charge in [-0.05, 0) is 57.8 Å². The van der Waals surface area contributed by atoms with Gasteiger partial charge in [0.2, 0.25) is 5.91 Å². The van der Waals surface area contributed by atoms with E-state index in [0.717, 1.165) is 44.9 Å². The highest BCUT2D eigenvalue weighted by Gasteiger charge is 2.27. The molecule has 0 aliphatic rings. The summed E-state index contributed by atoms with van der Waals surface area (Å²) in [7, 11) is -4.39. The molecule has 1 amide bonds. The minimum absolute atomic E-state index is 0.0426. The quantitative estimate of drug-likeness (QED) is 0.0297. The number of rotatable bonds is 31. The number of hydrogen-bond donors (Lipinski definition) is 5. The number of unbranched alkanes of at least 4 members (excludes halogenated alkanes) is 13. The van der Waals surface area contributed by atoms with Gasteiger partial charge in [-0.15, -0.1) is 0 Å². The minimum atomic E-state index is -4.39. The summed E-state index contributed by atoms with van der Waals surface area (Å²) >= 11 is 0. The van der Waals surface area contributed by atoms with E-state index in [1.807, 2.05) is 6.08 Å². The van der Waals surface area contributed by atoms with Crippen molar-refractivity contribution in [2.24, 2.45) is 5.73 Å². The van der Waals surface area contributed by atoms with Crippen LogP contribution in [0, 0.1) is 0 Å². The first-order valence-corrected chi connectivity index (χ1v) is 18.7. The molecule has 0 rings (SSSR count). The van der Waals surface area contributed by atoms with Gasteiger partial charge in [0.15, 0.2) is 0 Å². The molecule has 0 aromatic heterocycles. The fourth-order valence-corrected chi connectivity index (χ4v) is 5.35. The molecular formula is C34H65N2O7P. The molecular weight excluding hydrogens is 579 g/mol. The van der Waals surface area contributed by atoms with E-state index in [1.165, 1.54) is 57.8 Å². The highest BCUT2D eigenvalue weighted by molar-refractivity contribution is 7.47. The van der Waals surface area contributed by atoms with E-state index in [2.05, 4.69) is 43.5 Å². The third kappa shape index (κ3) is 28.2. The molecule has 4 atom stereocenters. The third-order valence-corrected chi connectivity index (χ3v) is 8.23. The van der Waals surface area contributed by atoms with Crippen molar-refractivity contribution in [1.29, 1.82) is 0 Å². The average Bonchev–Trinajstić information content (AvgIpc) is 2.99. The van der Waals surface area contributed by atoms with Gasteiger partial charge in [-0.2, -0.15) is 0 Å². The minimum Gasteiger partial charge on any atom is -0.393 e. The molecule has 0 radical (unpaired) electrons. The summed E-state index contributed by atoms with van der Waals surface area (Å²) in [6.07, 6.45) is 29.6. The summed E-state index contributed by atoms with van der Waals surface area (Å²) in [6.45, 7) is 3.83. The van der Waals surface area contributed by atoms with Crippen LogP contribution in [0.1, 0.15) is 136 Å². The smallest absolute Gasteiger partial charge is 0.393 e. The summed E-state index contributed by atoms with van der Waals surface area (Å²) < 4.78 is 21.8. The standard InChI is InChI=1S/C34H65N2O7P/c1-3-5-7-9-11-13-14-15-16-18-19-21-23-25-31(37)29-34(39)36-32(30-43-44(40,41)42-28-27-35)33(38)26-24-22-20-17-12-10-8-6-4-2/h12-14,17,24,26,31-33,37-38H,3-11,15-16,18-23,25,27-30,35H2,1-2H3,(H,36,39)(H,40,41)/b14-13-,17-12+,26-24+. The molecule has 9 nitrogen and oxygen atoms in total. The molecule has 0 aliphatic carbocycles. The zero-order chi connectivity index (χ0) is 32.7. The van der Waals surface area contributed by atoms with Crippen LogP contribution in [0.15, 0.2) is 36.5 Å². The molecule has 0 heterocycles. The Morgan fingerprint density at radius 2 is 1.30 bits per heavy atom. The molecule has 0 bridgehead atoms. The number of carbonyl (C=O) groups excluding carboxylic acids is 1. The van der Waals surface area contributed by atoms with E-state index < -0.39 is 38.6 Å². The van der Waals surface area contributed by atoms with Gasteiger partial charge in [0, 0.05) is 6.54 Å². The molecule has 258 valence electrons. The maximum Gasteiger partial charge on any atom is 0.472 e. The van der Waals surface area contributed by atoms with Gasteiger partial charge < -0.3 is 26.2 Å². The lowest BCUT2D eigenvalue weighted by Gasteiger charge is -2.24. The number of hydrogen-bond acceptors (Lipinski definition) is 7. The summed E-state index contributed by atoms with van der Waals surface area (Å²) in [6, 6.07) is -0.997. The Morgan fingerprint density at radius 3 is 1.93 bits per heavy atom. The lowest BCUT2D eigenvalue weighted by molar-refractivity contribution is -0.124. The van der Waals surface area contributed by atoms with Crippen molar-refractivity contribution in [1.82, 2.24) is 5.32 Å². The number of amides is 1. The Morgan fingerprint density at radius 1 is 0.773 bits per heavy atom. The van der Waals surface area contributed by atoms with Crippen molar-refractivity contribution < 1.29 is 33.5 Å². The maximum absolute atomic E-state index is 12.7. The van der Waals surface area contributed by atoms with Crippen LogP contribution in [0.4, 0.5) is 0 Å². The second-order valence-electron chi connectivity index (χ2n) is 11.5. The van der Waals surface area contributed by atoms with Crippen LogP contribution in [0.25, 0.3) is 0 Å². The first-order chi connectivity index (χ1) is 21.3. The Labute approximate surface area is 268 Å². The van der Waals surface area contributed by atoms with Gasteiger partial charge in [-0.25, -0.2) is 4.57 Å². The first-order valence-electron chi connectivity index (χ1n) is 17.2. The van der Waals surface area contributed by atoms with Crippen LogP contribution in [0.5, 0.6) is 0 Å². The lowest BCUT2D eigenvalue weighted by atomic mass is 10.0. The molecule has 4 unspecified atom stereocenters. The van der Waals surface area contributed by atoms with Crippen molar-refractivity contribution >= 4 is 13.7 Å². The number of allylic oxidation sites excluding steroid dienone is 5. The van der Waals surface area contributed by atoms with Gasteiger partial charge in [0.25, 0.3) is 0 Å². The Balaban J connectivity index is 4.51. The fourth-order valence-electron chi connectivity index (χ4n) is 4.59. The topological polar surface area (TPSA) is 151 Å². The molecule has 0 spiro atoms.